The van der Waals surface area contributed by atoms with Crippen LogP contribution in [0, 0.1) is 0 Å². The molecule has 20 heavy (non-hydrogen) atoms. The van der Waals surface area contributed by atoms with Gasteiger partial charge in [0.05, 0.1) is 12.1 Å². The smallest absolute Gasteiger partial charge is 0.278 e. The van der Waals surface area contributed by atoms with Gasteiger partial charge in [-0.3, -0.25) is 19.5 Å². The number of aromatic amines is 1. The number of nitrogens with one attached hydrogen (secondary N) is 2. The summed E-state index contributed by atoms with van der Waals surface area (Å²) in [4.78, 5) is 31.2. The quantitative estimate of drug-likeness (QED) is 0.432. The summed E-state index contributed by atoms with van der Waals surface area (Å²) in [5.74, 6) is -0.329. The predicted molar refractivity (Wildman–Crippen MR) is 72.4 cm³/mol. The zero-order valence-corrected chi connectivity index (χ0v) is 11.1. The Kier molecular flexibility index (Phi) is 3.64. The molecule has 0 fully saturated rings. The fraction of sp³-hybridized carbons (Fsp3) is 0.545. The maximum absolute atomic E-state index is 12.0. The van der Waals surface area contributed by atoms with Crippen LogP contribution in [0.2, 0.25) is 0 Å². The van der Waals surface area contributed by atoms with Gasteiger partial charge in [-0.25, -0.2) is 0 Å². The average molecular weight is 283 g/mol. The number of hydrogen-bond donors (Lipinski definition) is 5. The summed E-state index contributed by atoms with van der Waals surface area (Å²) in [6.07, 6.45) is -2.25. The molecule has 1 unspecified atom stereocenters. The van der Waals surface area contributed by atoms with Gasteiger partial charge in [0.15, 0.2) is 11.5 Å². The molecule has 0 aromatic carbocycles. The summed E-state index contributed by atoms with van der Waals surface area (Å²) in [7, 11) is 0. The van der Waals surface area contributed by atoms with Gasteiger partial charge in [-0.1, -0.05) is 0 Å². The number of aliphatic hydroxyl groups is 2. The van der Waals surface area contributed by atoms with E-state index in [1.54, 1.807) is 0 Å². The van der Waals surface area contributed by atoms with Crippen molar-refractivity contribution >= 4 is 23.4 Å². The monoisotopic (exact) mass is 283 g/mol. The van der Waals surface area contributed by atoms with E-state index in [4.69, 9.17) is 5.73 Å². The molecule has 1 amide bonds. The summed E-state index contributed by atoms with van der Waals surface area (Å²) in [6.45, 7) is 2.82. The van der Waals surface area contributed by atoms with Gasteiger partial charge in [-0.2, -0.15) is 4.98 Å². The number of fused-ring (bicyclic) bond motifs is 1. The Balaban J connectivity index is 2.54. The Bertz CT molecular complexity index is 585. The van der Waals surface area contributed by atoms with Crippen LogP contribution in [0.1, 0.15) is 13.8 Å². The highest BCUT2D eigenvalue weighted by Crippen LogP contribution is 2.28. The predicted octanol–water partition coefficient (Wildman–Crippen LogP) is -1.76. The van der Waals surface area contributed by atoms with E-state index in [2.05, 4.69) is 15.3 Å². The highest BCUT2D eigenvalue weighted by molar-refractivity contribution is 5.96. The van der Waals surface area contributed by atoms with E-state index in [1.165, 1.54) is 13.8 Å². The van der Waals surface area contributed by atoms with Crippen LogP contribution in [0.5, 0.6) is 0 Å². The second-order valence-electron chi connectivity index (χ2n) is 4.72. The molecular formula is C11H17N5O4. The average Bonchev–Trinajstić information content (AvgIpc) is 2.35. The fourth-order valence-corrected chi connectivity index (χ4v) is 2.28. The standard InChI is InChI=1S/C11H17N5O4/c1-4(17)8(19)6-3-13-9-7(16(6)5(2)18)10(20)15-11(12)14-9/h4,6,8,17,19H,3H2,1-2H3,(H4,12,13,14,15,20)/t4-,6?,8-/m0/s1. The SMILES string of the molecule is CC(=O)N1c2c(nc(N)[nH]c2=O)NCC1[C@@H](O)[C@H](C)O. The number of amides is 1. The van der Waals surface area contributed by atoms with E-state index in [1.807, 2.05) is 0 Å². The van der Waals surface area contributed by atoms with Crippen molar-refractivity contribution in [1.29, 1.82) is 0 Å². The largest absolute Gasteiger partial charge is 0.391 e. The first kappa shape index (κ1) is 14.3. The molecule has 1 aliphatic heterocycles. The summed E-state index contributed by atoms with van der Waals surface area (Å²) >= 11 is 0. The lowest BCUT2D eigenvalue weighted by Crippen LogP contribution is -2.57. The molecule has 6 N–H and O–H groups in total. The van der Waals surface area contributed by atoms with Crippen molar-refractivity contribution in [2.75, 3.05) is 22.5 Å². The van der Waals surface area contributed by atoms with Crippen LogP contribution in [0.4, 0.5) is 17.5 Å². The summed E-state index contributed by atoms with van der Waals surface area (Å²) < 4.78 is 0. The molecule has 0 bridgehead atoms. The van der Waals surface area contributed by atoms with Gasteiger partial charge >= 0.3 is 0 Å². The molecule has 0 saturated heterocycles. The molecule has 0 radical (unpaired) electrons. The highest BCUT2D eigenvalue weighted by Gasteiger charge is 2.38. The number of aromatic nitrogens is 2. The normalized spacial score (nSPS) is 20.8. The van der Waals surface area contributed by atoms with E-state index in [0.29, 0.717) is 0 Å². The van der Waals surface area contributed by atoms with Gasteiger partial charge in [-0.15, -0.1) is 0 Å². The minimum atomic E-state index is -1.20. The summed E-state index contributed by atoms with van der Waals surface area (Å²) in [6, 6.07) is -0.772. The molecule has 1 aromatic heterocycles. The van der Waals surface area contributed by atoms with Crippen LogP contribution in [-0.2, 0) is 4.79 Å². The lowest BCUT2D eigenvalue weighted by Gasteiger charge is -2.39. The van der Waals surface area contributed by atoms with Gasteiger partial charge in [0, 0.05) is 13.5 Å². The van der Waals surface area contributed by atoms with Crippen LogP contribution in [0.15, 0.2) is 4.79 Å². The van der Waals surface area contributed by atoms with Crippen LogP contribution in [0.3, 0.4) is 0 Å². The van der Waals surface area contributed by atoms with Gasteiger partial charge in [0.1, 0.15) is 6.10 Å². The number of H-pyrrole nitrogens is 1. The van der Waals surface area contributed by atoms with Crippen molar-refractivity contribution in [3.63, 3.8) is 0 Å². The maximum atomic E-state index is 12.0. The lowest BCUT2D eigenvalue weighted by molar-refractivity contribution is -0.118. The van der Waals surface area contributed by atoms with Crippen molar-refractivity contribution in [3.05, 3.63) is 10.4 Å². The fourth-order valence-electron chi connectivity index (χ4n) is 2.28. The Morgan fingerprint density at radius 3 is 2.75 bits per heavy atom. The van der Waals surface area contributed by atoms with E-state index >= 15 is 0 Å². The van der Waals surface area contributed by atoms with Gasteiger partial charge in [-0.05, 0) is 6.92 Å². The lowest BCUT2D eigenvalue weighted by atomic mass is 10.0. The zero-order chi connectivity index (χ0) is 15.0. The minimum absolute atomic E-state index is 0.0114. The Morgan fingerprint density at radius 2 is 2.20 bits per heavy atom. The molecule has 0 spiro atoms. The zero-order valence-electron chi connectivity index (χ0n) is 11.1. The molecule has 1 aliphatic rings. The third kappa shape index (κ3) is 2.32. The third-order valence-corrected chi connectivity index (χ3v) is 3.19. The molecular weight excluding hydrogens is 266 g/mol. The second kappa shape index (κ2) is 5.10. The summed E-state index contributed by atoms with van der Waals surface area (Å²) in [5.41, 5.74) is 4.85. The van der Waals surface area contributed by atoms with E-state index in [0.717, 1.165) is 4.90 Å². The van der Waals surface area contributed by atoms with Crippen LogP contribution in [0.25, 0.3) is 0 Å². The second-order valence-corrected chi connectivity index (χ2v) is 4.72. The van der Waals surface area contributed by atoms with Crippen molar-refractivity contribution in [1.82, 2.24) is 9.97 Å². The molecule has 9 heteroatoms. The third-order valence-electron chi connectivity index (χ3n) is 3.19. The minimum Gasteiger partial charge on any atom is -0.391 e. The van der Waals surface area contributed by atoms with E-state index in [-0.39, 0.29) is 24.0 Å². The van der Waals surface area contributed by atoms with E-state index < -0.39 is 29.7 Å². The number of carbonyl (C=O) groups is 1. The van der Waals surface area contributed by atoms with Gasteiger partial charge in [0.2, 0.25) is 11.9 Å². The van der Waals surface area contributed by atoms with Crippen molar-refractivity contribution in [2.24, 2.45) is 0 Å². The van der Waals surface area contributed by atoms with E-state index in [9.17, 15) is 19.8 Å². The van der Waals surface area contributed by atoms with Gasteiger partial charge < -0.3 is 21.3 Å². The van der Waals surface area contributed by atoms with Crippen LogP contribution in [-0.4, -0.2) is 50.9 Å². The highest BCUT2D eigenvalue weighted by atomic mass is 16.3. The molecule has 1 aromatic rings. The molecule has 110 valence electrons. The summed E-state index contributed by atoms with van der Waals surface area (Å²) in [5, 5.41) is 22.3. The number of aliphatic hydroxyl groups excluding tert-OH is 2. The number of nitrogens with two attached hydrogens (primary N) is 1. The molecule has 3 atom stereocenters. The van der Waals surface area contributed by atoms with Crippen LogP contribution >= 0.6 is 0 Å². The van der Waals surface area contributed by atoms with Crippen molar-refractivity contribution in [3.8, 4) is 0 Å². The maximum Gasteiger partial charge on any atom is 0.278 e. The number of hydrogen-bond acceptors (Lipinski definition) is 7. The molecule has 9 nitrogen and oxygen atoms in total. The van der Waals surface area contributed by atoms with Gasteiger partial charge in [0.25, 0.3) is 5.56 Å². The Morgan fingerprint density at radius 1 is 1.55 bits per heavy atom. The first-order valence-corrected chi connectivity index (χ1v) is 6.12. The van der Waals surface area contributed by atoms with Crippen molar-refractivity contribution in [2.45, 2.75) is 32.1 Å². The number of anilines is 3. The first-order chi connectivity index (χ1) is 9.32. The Hall–Kier alpha value is -2.13. The topological polar surface area (TPSA) is 145 Å². The first-order valence-electron chi connectivity index (χ1n) is 6.12. The number of rotatable bonds is 2. The van der Waals surface area contributed by atoms with Crippen molar-refractivity contribution < 1.29 is 15.0 Å². The number of nitrogen functional groups attached to an aromatic ring is 1. The number of carbonyl (C=O) groups excluding carboxylic acids is 1. The molecule has 0 saturated carbocycles. The molecule has 2 heterocycles. The van der Waals surface area contributed by atoms with Crippen LogP contribution < -0.4 is 21.5 Å². The number of nitrogens with zero attached hydrogens (tertiary/aromatic N) is 2. The Labute approximate surface area is 114 Å². The molecule has 0 aliphatic carbocycles. The molecule has 2 rings (SSSR count).